The normalized spacial score (nSPS) is 10.0. The van der Waals surface area contributed by atoms with Gasteiger partial charge in [0.15, 0.2) is 0 Å². The zero-order chi connectivity index (χ0) is 13.7. The maximum absolute atomic E-state index is 11.9. The van der Waals surface area contributed by atoms with Crippen LogP contribution in [0.2, 0.25) is 0 Å². The van der Waals surface area contributed by atoms with Crippen LogP contribution in [-0.2, 0) is 4.79 Å². The van der Waals surface area contributed by atoms with Gasteiger partial charge in [-0.2, -0.15) is 0 Å². The Labute approximate surface area is 107 Å². The molecular weight excluding hydrogens is 230 g/mol. The van der Waals surface area contributed by atoms with Crippen molar-refractivity contribution in [3.05, 3.63) is 28.8 Å². The van der Waals surface area contributed by atoms with Gasteiger partial charge in [-0.3, -0.25) is 9.59 Å². The smallest absolute Gasteiger partial charge is 0.292 e. The van der Waals surface area contributed by atoms with Crippen molar-refractivity contribution in [2.75, 3.05) is 13.2 Å². The highest BCUT2D eigenvalue weighted by molar-refractivity contribution is 6.43. The maximum Gasteiger partial charge on any atom is 0.292 e. The highest BCUT2D eigenvalue weighted by Gasteiger charge is 2.18. The molecule has 1 aromatic rings. The lowest BCUT2D eigenvalue weighted by Gasteiger charge is -2.11. The Kier molecular flexibility index (Phi) is 4.89. The number of ether oxygens (including phenoxy) is 1. The fourth-order valence-corrected chi connectivity index (χ4v) is 1.71. The van der Waals surface area contributed by atoms with Crippen LogP contribution in [0.5, 0.6) is 5.75 Å². The Balaban J connectivity index is 3.07. The number of aryl methyl sites for hydroxylation is 2. The Morgan fingerprint density at radius 1 is 1.17 bits per heavy atom. The standard InChI is InChI=1S/C14H19NO3/c1-5-15-14(17)13(16)11-7-10(4)12(18-6-2)8-9(11)3/h7-8H,5-6H2,1-4H3,(H,15,17). The third kappa shape index (κ3) is 3.09. The van der Waals surface area contributed by atoms with E-state index in [1.54, 1.807) is 26.0 Å². The van der Waals surface area contributed by atoms with E-state index in [2.05, 4.69) is 5.32 Å². The number of ketones is 1. The molecule has 1 N–H and O–H groups in total. The molecule has 0 aliphatic carbocycles. The first-order valence-corrected chi connectivity index (χ1v) is 6.07. The summed E-state index contributed by atoms with van der Waals surface area (Å²) in [7, 11) is 0. The maximum atomic E-state index is 11.9. The van der Waals surface area contributed by atoms with Gasteiger partial charge in [0.1, 0.15) is 5.75 Å². The second kappa shape index (κ2) is 6.19. The van der Waals surface area contributed by atoms with E-state index in [0.717, 1.165) is 16.9 Å². The van der Waals surface area contributed by atoms with Crippen LogP contribution in [0.4, 0.5) is 0 Å². The average Bonchev–Trinajstić information content (AvgIpc) is 2.33. The van der Waals surface area contributed by atoms with E-state index in [-0.39, 0.29) is 0 Å². The van der Waals surface area contributed by atoms with Gasteiger partial charge in [-0.25, -0.2) is 0 Å². The molecular formula is C14H19NO3. The van der Waals surface area contributed by atoms with Gasteiger partial charge in [0, 0.05) is 12.1 Å². The number of hydrogen-bond acceptors (Lipinski definition) is 3. The van der Waals surface area contributed by atoms with E-state index in [4.69, 9.17) is 4.74 Å². The number of hydrogen-bond donors (Lipinski definition) is 1. The Morgan fingerprint density at radius 3 is 2.39 bits per heavy atom. The second-order valence-electron chi connectivity index (χ2n) is 4.05. The minimum atomic E-state index is -0.566. The van der Waals surface area contributed by atoms with Crippen molar-refractivity contribution in [1.29, 1.82) is 0 Å². The number of rotatable bonds is 5. The van der Waals surface area contributed by atoms with Crippen molar-refractivity contribution in [1.82, 2.24) is 5.32 Å². The third-order valence-corrected chi connectivity index (χ3v) is 2.61. The molecule has 1 rings (SSSR count). The van der Waals surface area contributed by atoms with Crippen LogP contribution in [0.25, 0.3) is 0 Å². The fraction of sp³-hybridized carbons (Fsp3) is 0.429. The number of Topliss-reactive ketones (excluding diaryl/α,β-unsaturated/α-hetero) is 1. The van der Waals surface area contributed by atoms with Crippen molar-refractivity contribution in [2.45, 2.75) is 27.7 Å². The van der Waals surface area contributed by atoms with Gasteiger partial charge in [0.25, 0.3) is 5.91 Å². The van der Waals surface area contributed by atoms with Crippen LogP contribution < -0.4 is 10.1 Å². The number of amides is 1. The molecule has 0 radical (unpaired) electrons. The zero-order valence-corrected chi connectivity index (χ0v) is 11.3. The highest BCUT2D eigenvalue weighted by Crippen LogP contribution is 2.23. The lowest BCUT2D eigenvalue weighted by Crippen LogP contribution is -2.31. The molecule has 0 bridgehead atoms. The summed E-state index contributed by atoms with van der Waals surface area (Å²) in [4.78, 5) is 23.4. The van der Waals surface area contributed by atoms with Gasteiger partial charge in [0.05, 0.1) is 6.61 Å². The first-order chi connectivity index (χ1) is 8.51. The summed E-state index contributed by atoms with van der Waals surface area (Å²) >= 11 is 0. The van der Waals surface area contributed by atoms with Crippen LogP contribution in [0.15, 0.2) is 12.1 Å². The average molecular weight is 249 g/mol. The van der Waals surface area contributed by atoms with E-state index in [0.29, 0.717) is 18.7 Å². The van der Waals surface area contributed by atoms with Crippen LogP contribution in [0, 0.1) is 13.8 Å². The van der Waals surface area contributed by atoms with Crippen LogP contribution in [0.3, 0.4) is 0 Å². The van der Waals surface area contributed by atoms with Gasteiger partial charge < -0.3 is 10.1 Å². The highest BCUT2D eigenvalue weighted by atomic mass is 16.5. The minimum Gasteiger partial charge on any atom is -0.494 e. The second-order valence-corrected chi connectivity index (χ2v) is 4.05. The van der Waals surface area contributed by atoms with E-state index in [1.807, 2.05) is 13.8 Å². The fourth-order valence-electron chi connectivity index (χ4n) is 1.71. The Morgan fingerprint density at radius 2 is 1.83 bits per heavy atom. The summed E-state index contributed by atoms with van der Waals surface area (Å²) < 4.78 is 5.45. The molecule has 1 aromatic carbocycles. The summed E-state index contributed by atoms with van der Waals surface area (Å²) in [6, 6.07) is 3.50. The van der Waals surface area contributed by atoms with Crippen molar-refractivity contribution < 1.29 is 14.3 Å². The van der Waals surface area contributed by atoms with E-state index in [1.165, 1.54) is 0 Å². The Bertz CT molecular complexity index is 466. The van der Waals surface area contributed by atoms with E-state index in [9.17, 15) is 9.59 Å². The summed E-state index contributed by atoms with van der Waals surface area (Å²) in [5.41, 5.74) is 2.04. The van der Waals surface area contributed by atoms with Crippen LogP contribution >= 0.6 is 0 Å². The van der Waals surface area contributed by atoms with Crippen molar-refractivity contribution in [3.63, 3.8) is 0 Å². The molecule has 0 fully saturated rings. The quantitative estimate of drug-likeness (QED) is 0.641. The molecule has 1 amide bonds. The van der Waals surface area contributed by atoms with Gasteiger partial charge in [-0.1, -0.05) is 0 Å². The predicted molar refractivity (Wildman–Crippen MR) is 70.1 cm³/mol. The van der Waals surface area contributed by atoms with Crippen molar-refractivity contribution in [3.8, 4) is 5.75 Å². The molecule has 18 heavy (non-hydrogen) atoms. The number of carbonyl (C=O) groups is 2. The van der Waals surface area contributed by atoms with E-state index < -0.39 is 11.7 Å². The lowest BCUT2D eigenvalue weighted by atomic mass is 10.0. The van der Waals surface area contributed by atoms with E-state index >= 15 is 0 Å². The summed E-state index contributed by atoms with van der Waals surface area (Å²) in [5.74, 6) is -0.313. The summed E-state index contributed by atoms with van der Waals surface area (Å²) in [6.45, 7) is 8.36. The monoisotopic (exact) mass is 249 g/mol. The summed E-state index contributed by atoms with van der Waals surface area (Å²) in [6.07, 6.45) is 0. The van der Waals surface area contributed by atoms with Gasteiger partial charge in [-0.15, -0.1) is 0 Å². The first-order valence-electron chi connectivity index (χ1n) is 6.07. The Hall–Kier alpha value is -1.84. The molecule has 98 valence electrons. The number of carbonyl (C=O) groups excluding carboxylic acids is 2. The SMILES string of the molecule is CCNC(=O)C(=O)c1cc(C)c(OCC)cc1C. The molecule has 0 aromatic heterocycles. The molecule has 0 spiro atoms. The molecule has 0 unspecified atom stereocenters. The molecule has 0 aliphatic rings. The molecule has 0 saturated carbocycles. The largest absolute Gasteiger partial charge is 0.494 e. The lowest BCUT2D eigenvalue weighted by molar-refractivity contribution is -0.116. The topological polar surface area (TPSA) is 55.4 Å². The number of benzene rings is 1. The van der Waals surface area contributed by atoms with Crippen molar-refractivity contribution in [2.24, 2.45) is 0 Å². The first kappa shape index (κ1) is 14.2. The molecule has 0 atom stereocenters. The zero-order valence-electron chi connectivity index (χ0n) is 11.3. The predicted octanol–water partition coefficient (Wildman–Crippen LogP) is 2.02. The molecule has 4 nitrogen and oxygen atoms in total. The van der Waals surface area contributed by atoms with Gasteiger partial charge >= 0.3 is 0 Å². The van der Waals surface area contributed by atoms with Gasteiger partial charge in [0.2, 0.25) is 5.78 Å². The molecule has 0 saturated heterocycles. The van der Waals surface area contributed by atoms with Crippen LogP contribution in [0.1, 0.15) is 35.3 Å². The van der Waals surface area contributed by atoms with Crippen LogP contribution in [-0.4, -0.2) is 24.8 Å². The van der Waals surface area contributed by atoms with Gasteiger partial charge in [-0.05, 0) is 51.0 Å². The summed E-state index contributed by atoms with van der Waals surface area (Å²) in [5, 5.41) is 2.51. The minimum absolute atomic E-state index is 0.432. The molecule has 0 aliphatic heterocycles. The molecule has 0 heterocycles. The van der Waals surface area contributed by atoms with Crippen molar-refractivity contribution >= 4 is 11.7 Å². The number of nitrogens with one attached hydrogen (secondary N) is 1. The third-order valence-electron chi connectivity index (χ3n) is 2.61. The number of likely N-dealkylation sites (N-methyl/N-ethyl adjacent to an activating group) is 1. The molecule has 4 heteroatoms.